The lowest BCUT2D eigenvalue weighted by Gasteiger charge is -2.23. The number of imidazole rings is 1. The lowest BCUT2D eigenvalue weighted by molar-refractivity contribution is 0.384. The summed E-state index contributed by atoms with van der Waals surface area (Å²) in [5.41, 5.74) is 0. The van der Waals surface area contributed by atoms with Crippen LogP contribution in [0.15, 0.2) is 18.7 Å². The Morgan fingerprint density at radius 1 is 1.57 bits per heavy atom. The fourth-order valence-electron chi connectivity index (χ4n) is 1.84. The van der Waals surface area contributed by atoms with Crippen LogP contribution in [0.4, 0.5) is 0 Å². The van der Waals surface area contributed by atoms with E-state index < -0.39 is 0 Å². The van der Waals surface area contributed by atoms with Gasteiger partial charge in [0.15, 0.2) is 0 Å². The summed E-state index contributed by atoms with van der Waals surface area (Å²) in [4.78, 5) is 4.01. The quantitative estimate of drug-likeness (QED) is 0.720. The SMILES string of the molecule is c1cn(CCNC2CCCNC2)cn1. The zero-order valence-corrected chi connectivity index (χ0v) is 8.45. The van der Waals surface area contributed by atoms with Gasteiger partial charge in [-0.3, -0.25) is 0 Å². The normalized spacial score (nSPS) is 22.4. The molecule has 1 aliphatic heterocycles. The van der Waals surface area contributed by atoms with Gasteiger partial charge in [0.25, 0.3) is 0 Å². The van der Waals surface area contributed by atoms with E-state index in [-0.39, 0.29) is 0 Å². The number of aromatic nitrogens is 2. The Hall–Kier alpha value is -0.870. The van der Waals surface area contributed by atoms with Crippen LogP contribution in [0.25, 0.3) is 0 Å². The fourth-order valence-corrected chi connectivity index (χ4v) is 1.84. The van der Waals surface area contributed by atoms with Gasteiger partial charge in [-0.1, -0.05) is 0 Å². The van der Waals surface area contributed by atoms with Crippen LogP contribution < -0.4 is 10.6 Å². The van der Waals surface area contributed by atoms with E-state index in [9.17, 15) is 0 Å². The molecule has 0 saturated carbocycles. The minimum Gasteiger partial charge on any atom is -0.336 e. The van der Waals surface area contributed by atoms with Gasteiger partial charge in [0.1, 0.15) is 0 Å². The topological polar surface area (TPSA) is 41.9 Å². The number of rotatable bonds is 4. The van der Waals surface area contributed by atoms with Gasteiger partial charge in [0.05, 0.1) is 6.33 Å². The van der Waals surface area contributed by atoms with Crippen LogP contribution in [-0.4, -0.2) is 35.2 Å². The van der Waals surface area contributed by atoms with E-state index in [1.165, 1.54) is 19.4 Å². The van der Waals surface area contributed by atoms with Crippen LogP contribution in [0, 0.1) is 0 Å². The second kappa shape index (κ2) is 5.12. The Bertz CT molecular complexity index is 239. The highest BCUT2D eigenvalue weighted by molar-refractivity contribution is 4.77. The van der Waals surface area contributed by atoms with Gasteiger partial charge in [-0.05, 0) is 19.4 Å². The summed E-state index contributed by atoms with van der Waals surface area (Å²) in [5.74, 6) is 0. The molecular formula is C10H18N4. The second-order valence-electron chi connectivity index (χ2n) is 3.80. The van der Waals surface area contributed by atoms with Crippen molar-refractivity contribution in [2.75, 3.05) is 19.6 Å². The van der Waals surface area contributed by atoms with Crippen LogP contribution in [-0.2, 0) is 6.54 Å². The maximum Gasteiger partial charge on any atom is 0.0946 e. The third-order valence-corrected chi connectivity index (χ3v) is 2.66. The molecule has 0 spiro atoms. The van der Waals surface area contributed by atoms with Gasteiger partial charge in [-0.15, -0.1) is 0 Å². The number of hydrogen-bond acceptors (Lipinski definition) is 3. The highest BCUT2D eigenvalue weighted by atomic mass is 15.1. The molecule has 2 rings (SSSR count). The van der Waals surface area contributed by atoms with Crippen LogP contribution in [0.2, 0.25) is 0 Å². The molecule has 1 aliphatic rings. The van der Waals surface area contributed by atoms with Crippen LogP contribution in [0.5, 0.6) is 0 Å². The molecule has 4 heteroatoms. The van der Waals surface area contributed by atoms with Crippen molar-refractivity contribution in [3.05, 3.63) is 18.7 Å². The molecule has 2 heterocycles. The van der Waals surface area contributed by atoms with Gasteiger partial charge in [-0.25, -0.2) is 4.98 Å². The molecule has 2 N–H and O–H groups in total. The zero-order valence-electron chi connectivity index (χ0n) is 8.45. The first-order chi connectivity index (χ1) is 6.95. The smallest absolute Gasteiger partial charge is 0.0946 e. The molecule has 1 unspecified atom stereocenters. The van der Waals surface area contributed by atoms with E-state index >= 15 is 0 Å². The van der Waals surface area contributed by atoms with E-state index in [4.69, 9.17) is 0 Å². The Labute approximate surface area is 84.7 Å². The van der Waals surface area contributed by atoms with Gasteiger partial charge >= 0.3 is 0 Å². The average molecular weight is 194 g/mol. The average Bonchev–Trinajstić information content (AvgIpc) is 2.72. The van der Waals surface area contributed by atoms with E-state index in [1.807, 2.05) is 18.7 Å². The maximum absolute atomic E-state index is 4.01. The zero-order chi connectivity index (χ0) is 9.64. The molecular weight excluding hydrogens is 176 g/mol. The minimum atomic E-state index is 0.660. The number of hydrogen-bond donors (Lipinski definition) is 2. The predicted molar refractivity (Wildman–Crippen MR) is 56.1 cm³/mol. The third-order valence-electron chi connectivity index (χ3n) is 2.66. The molecule has 1 aromatic heterocycles. The lowest BCUT2D eigenvalue weighted by atomic mass is 10.1. The van der Waals surface area contributed by atoms with Gasteiger partial charge in [-0.2, -0.15) is 0 Å². The van der Waals surface area contributed by atoms with Crippen molar-refractivity contribution < 1.29 is 0 Å². The number of nitrogens with one attached hydrogen (secondary N) is 2. The van der Waals surface area contributed by atoms with E-state index in [1.54, 1.807) is 0 Å². The highest BCUT2D eigenvalue weighted by Crippen LogP contribution is 2.00. The van der Waals surface area contributed by atoms with E-state index in [0.717, 1.165) is 19.6 Å². The molecule has 1 atom stereocenters. The first kappa shape index (κ1) is 9.68. The molecule has 0 aliphatic carbocycles. The Morgan fingerprint density at radius 2 is 2.57 bits per heavy atom. The monoisotopic (exact) mass is 194 g/mol. The Morgan fingerprint density at radius 3 is 3.29 bits per heavy atom. The first-order valence-corrected chi connectivity index (χ1v) is 5.35. The van der Waals surface area contributed by atoms with Crippen molar-refractivity contribution in [3.63, 3.8) is 0 Å². The Balaban J connectivity index is 1.62. The molecule has 1 fully saturated rings. The third kappa shape index (κ3) is 2.82. The van der Waals surface area contributed by atoms with Crippen molar-refractivity contribution in [2.24, 2.45) is 0 Å². The van der Waals surface area contributed by atoms with Crippen LogP contribution in [0.1, 0.15) is 12.8 Å². The molecule has 1 aromatic rings. The lowest BCUT2D eigenvalue weighted by Crippen LogP contribution is -2.43. The predicted octanol–water partition coefficient (Wildman–Crippen LogP) is 0.225. The number of piperidine rings is 1. The summed E-state index contributed by atoms with van der Waals surface area (Å²) >= 11 is 0. The molecule has 0 radical (unpaired) electrons. The standard InChI is InChI=1S/C10H18N4/c1-2-10(8-11-3-1)13-5-7-14-6-4-12-9-14/h4,6,9-11,13H,1-3,5,7-8H2. The molecule has 1 saturated heterocycles. The number of nitrogens with zero attached hydrogens (tertiary/aromatic N) is 2. The van der Waals surface area contributed by atoms with Gasteiger partial charge < -0.3 is 15.2 Å². The molecule has 78 valence electrons. The highest BCUT2D eigenvalue weighted by Gasteiger charge is 2.10. The van der Waals surface area contributed by atoms with Crippen molar-refractivity contribution in [1.82, 2.24) is 20.2 Å². The fraction of sp³-hybridized carbons (Fsp3) is 0.700. The Kier molecular flexibility index (Phi) is 3.54. The van der Waals surface area contributed by atoms with Crippen LogP contribution >= 0.6 is 0 Å². The van der Waals surface area contributed by atoms with E-state index in [2.05, 4.69) is 20.2 Å². The molecule has 0 amide bonds. The van der Waals surface area contributed by atoms with Crippen molar-refractivity contribution in [2.45, 2.75) is 25.4 Å². The molecule has 4 nitrogen and oxygen atoms in total. The largest absolute Gasteiger partial charge is 0.336 e. The minimum absolute atomic E-state index is 0.660. The molecule has 0 aromatic carbocycles. The van der Waals surface area contributed by atoms with Crippen molar-refractivity contribution >= 4 is 0 Å². The van der Waals surface area contributed by atoms with E-state index in [0.29, 0.717) is 6.04 Å². The molecule has 0 bridgehead atoms. The van der Waals surface area contributed by atoms with Crippen LogP contribution in [0.3, 0.4) is 0 Å². The summed E-state index contributed by atoms with van der Waals surface area (Å²) in [6.07, 6.45) is 8.28. The summed E-state index contributed by atoms with van der Waals surface area (Å²) in [6.45, 7) is 4.34. The molecule has 14 heavy (non-hydrogen) atoms. The van der Waals surface area contributed by atoms with Gasteiger partial charge in [0, 0.05) is 38.1 Å². The second-order valence-corrected chi connectivity index (χ2v) is 3.80. The summed E-state index contributed by atoms with van der Waals surface area (Å²) in [5, 5.41) is 6.95. The summed E-state index contributed by atoms with van der Waals surface area (Å²) in [7, 11) is 0. The van der Waals surface area contributed by atoms with Gasteiger partial charge in [0.2, 0.25) is 0 Å². The summed E-state index contributed by atoms with van der Waals surface area (Å²) < 4.78 is 2.10. The maximum atomic E-state index is 4.01. The summed E-state index contributed by atoms with van der Waals surface area (Å²) in [6, 6.07) is 0.660. The van der Waals surface area contributed by atoms with Crippen molar-refractivity contribution in [1.29, 1.82) is 0 Å². The first-order valence-electron chi connectivity index (χ1n) is 5.35. The van der Waals surface area contributed by atoms with Crippen molar-refractivity contribution in [3.8, 4) is 0 Å².